The van der Waals surface area contributed by atoms with Gasteiger partial charge in [-0.15, -0.1) is 0 Å². The van der Waals surface area contributed by atoms with Crippen molar-refractivity contribution in [3.8, 4) is 11.5 Å². The molecule has 1 N–H and O–H groups in total. The van der Waals surface area contributed by atoms with Gasteiger partial charge in [0.05, 0.1) is 0 Å². The molecule has 0 spiro atoms. The van der Waals surface area contributed by atoms with Gasteiger partial charge in [0, 0.05) is 0 Å². The van der Waals surface area contributed by atoms with Crippen LogP contribution in [0.5, 0.6) is 11.5 Å². The molecule has 0 bridgehead atoms. The Balaban J connectivity index is 2.12. The summed E-state index contributed by atoms with van der Waals surface area (Å²) >= 11 is 0. The molecule has 4 heteroatoms. The molecule has 0 aromatic heterocycles. The summed E-state index contributed by atoms with van der Waals surface area (Å²) in [6, 6.07) is 18.7. The number of hydrogen-bond acceptors (Lipinski definition) is 3. The van der Waals surface area contributed by atoms with E-state index in [1.165, 1.54) is 0 Å². The zero-order valence-electron chi connectivity index (χ0n) is 11.7. The molecule has 2 aromatic carbocycles. The van der Waals surface area contributed by atoms with Gasteiger partial charge in [-0.05, 0) is 0 Å². The summed E-state index contributed by atoms with van der Waals surface area (Å²) < 4.78 is 11.6. The number of rotatable bonds is 7. The van der Waals surface area contributed by atoms with Crippen LogP contribution in [-0.2, 0) is 0 Å². The first-order valence-electron chi connectivity index (χ1n) is 6.92. The monoisotopic (exact) mass is 292 g/mol. The quantitative estimate of drug-likeness (QED) is 0.767. The van der Waals surface area contributed by atoms with E-state index in [1.54, 1.807) is 0 Å². The second-order valence-electron chi connectivity index (χ2n) is 4.65. The van der Waals surface area contributed by atoms with Crippen molar-refractivity contribution in [1.82, 2.24) is 0 Å². The Bertz CT molecular complexity index is 460. The van der Waals surface area contributed by atoms with E-state index in [4.69, 9.17) is 9.05 Å². The van der Waals surface area contributed by atoms with Gasteiger partial charge in [-0.25, -0.2) is 0 Å². The van der Waals surface area contributed by atoms with Crippen molar-refractivity contribution in [2.24, 2.45) is 0 Å². The zero-order chi connectivity index (χ0) is 14.3. The Kier molecular flexibility index (Phi) is 5.40. The summed E-state index contributed by atoms with van der Waals surface area (Å²) in [6.45, 7) is 2.08. The zero-order valence-corrected chi connectivity index (χ0v) is 12.7. The van der Waals surface area contributed by atoms with E-state index in [1.807, 2.05) is 60.7 Å². The van der Waals surface area contributed by atoms with Crippen molar-refractivity contribution in [1.29, 1.82) is 0 Å². The first-order valence-corrected chi connectivity index (χ1v) is 8.89. The van der Waals surface area contributed by atoms with Crippen LogP contribution in [0.25, 0.3) is 0 Å². The third-order valence-corrected chi connectivity index (χ3v) is 4.98. The van der Waals surface area contributed by atoms with Crippen LogP contribution < -0.4 is 9.05 Å². The minimum absolute atomic E-state index is 0.549. The van der Waals surface area contributed by atoms with Crippen molar-refractivity contribution in [2.45, 2.75) is 19.8 Å². The molecule has 0 fully saturated rings. The minimum atomic E-state index is -3.25. The molecule has 0 atom stereocenters. The summed E-state index contributed by atoms with van der Waals surface area (Å²) in [6.07, 6.45) is 2.42. The first-order chi connectivity index (χ1) is 9.72. The van der Waals surface area contributed by atoms with Crippen LogP contribution >= 0.6 is 7.94 Å². The number of benzene rings is 2. The van der Waals surface area contributed by atoms with Gasteiger partial charge in [0.2, 0.25) is 0 Å². The van der Waals surface area contributed by atoms with Crippen LogP contribution in [0.15, 0.2) is 60.7 Å². The third kappa shape index (κ3) is 4.52. The predicted molar refractivity (Wildman–Crippen MR) is 84.4 cm³/mol. The fourth-order valence-corrected chi connectivity index (χ4v) is 3.92. The van der Waals surface area contributed by atoms with Gasteiger partial charge in [-0.2, -0.15) is 0 Å². The van der Waals surface area contributed by atoms with Crippen LogP contribution in [0.2, 0.25) is 0 Å². The van der Waals surface area contributed by atoms with E-state index in [0.717, 1.165) is 12.8 Å². The van der Waals surface area contributed by atoms with Crippen LogP contribution in [0.1, 0.15) is 19.8 Å². The number of unbranched alkanes of at least 4 members (excludes halogenated alkanes) is 1. The summed E-state index contributed by atoms with van der Waals surface area (Å²) in [5.41, 5.74) is 0. The van der Waals surface area contributed by atoms with E-state index in [-0.39, 0.29) is 0 Å². The summed E-state index contributed by atoms with van der Waals surface area (Å²) in [4.78, 5) is 10.7. The molecule has 0 saturated heterocycles. The average Bonchev–Trinajstić information content (AvgIpc) is 2.47. The molecule has 0 unspecified atom stereocenters. The summed E-state index contributed by atoms with van der Waals surface area (Å²) in [7, 11) is -3.25. The molecule has 0 heterocycles. The van der Waals surface area contributed by atoms with Crippen molar-refractivity contribution >= 4 is 7.94 Å². The SMILES string of the molecule is CCCC[PH](O)(Oc1ccccc1)Oc1ccccc1. The van der Waals surface area contributed by atoms with Gasteiger partial charge in [0.15, 0.2) is 0 Å². The second kappa shape index (κ2) is 7.28. The molecule has 3 nitrogen and oxygen atoms in total. The molecular weight excluding hydrogens is 271 g/mol. The van der Waals surface area contributed by atoms with Crippen LogP contribution in [-0.4, -0.2) is 11.1 Å². The van der Waals surface area contributed by atoms with Gasteiger partial charge in [-0.3, -0.25) is 0 Å². The van der Waals surface area contributed by atoms with E-state index in [2.05, 4.69) is 6.92 Å². The standard InChI is InChI=1S/C16H21O3P/c1-2-3-14-20(17,18-15-10-6-4-7-11-15)19-16-12-8-5-9-13-16/h4-13,17,20H,2-3,14H2,1H3. The molecule has 20 heavy (non-hydrogen) atoms. The Morgan fingerprint density at radius 3 is 1.70 bits per heavy atom. The normalized spacial score (nSPS) is 11.9. The van der Waals surface area contributed by atoms with Crippen molar-refractivity contribution in [3.05, 3.63) is 60.7 Å². The predicted octanol–water partition coefficient (Wildman–Crippen LogP) is 4.43. The van der Waals surface area contributed by atoms with Crippen molar-refractivity contribution < 1.29 is 13.9 Å². The fourth-order valence-electron chi connectivity index (χ4n) is 1.87. The number of hydrogen-bond donors (Lipinski definition) is 1. The van der Waals surface area contributed by atoms with Gasteiger partial charge in [-0.1, -0.05) is 0 Å². The molecule has 0 saturated carbocycles. The van der Waals surface area contributed by atoms with Crippen molar-refractivity contribution in [2.75, 3.05) is 6.16 Å². The van der Waals surface area contributed by atoms with Gasteiger partial charge in [0.25, 0.3) is 0 Å². The van der Waals surface area contributed by atoms with E-state index in [9.17, 15) is 4.89 Å². The molecule has 0 aliphatic heterocycles. The van der Waals surface area contributed by atoms with E-state index >= 15 is 0 Å². The van der Waals surface area contributed by atoms with Gasteiger partial charge in [0.1, 0.15) is 0 Å². The fraction of sp³-hybridized carbons (Fsp3) is 0.250. The van der Waals surface area contributed by atoms with Crippen LogP contribution in [0.3, 0.4) is 0 Å². The van der Waals surface area contributed by atoms with E-state index in [0.29, 0.717) is 17.7 Å². The third-order valence-electron chi connectivity index (χ3n) is 2.89. The Morgan fingerprint density at radius 1 is 0.850 bits per heavy atom. The van der Waals surface area contributed by atoms with Crippen molar-refractivity contribution in [3.63, 3.8) is 0 Å². The Labute approximate surface area is 120 Å². The topological polar surface area (TPSA) is 38.7 Å². The molecule has 0 amide bonds. The first kappa shape index (κ1) is 14.8. The maximum absolute atomic E-state index is 10.7. The summed E-state index contributed by atoms with van der Waals surface area (Å²) in [5.74, 6) is 1.29. The second-order valence-corrected chi connectivity index (χ2v) is 6.98. The molecular formula is C16H21O3P. The average molecular weight is 292 g/mol. The molecule has 0 radical (unpaired) electrons. The Hall–Kier alpha value is -1.57. The van der Waals surface area contributed by atoms with Gasteiger partial charge >= 0.3 is 120 Å². The summed E-state index contributed by atoms with van der Waals surface area (Å²) in [5, 5.41) is 0. The maximum atomic E-state index is 10.7. The Morgan fingerprint density at radius 2 is 1.30 bits per heavy atom. The molecule has 2 rings (SSSR count). The molecule has 2 aromatic rings. The molecule has 108 valence electrons. The van der Waals surface area contributed by atoms with Crippen LogP contribution in [0.4, 0.5) is 0 Å². The molecule has 0 aliphatic carbocycles. The van der Waals surface area contributed by atoms with E-state index < -0.39 is 7.94 Å². The molecule has 0 aliphatic rings. The van der Waals surface area contributed by atoms with Crippen LogP contribution in [0, 0.1) is 0 Å². The van der Waals surface area contributed by atoms with Gasteiger partial charge < -0.3 is 0 Å². The number of para-hydroxylation sites is 2.